The Hall–Kier alpha value is -2.05. The van der Waals surface area contributed by atoms with Gasteiger partial charge in [-0.1, -0.05) is 19.0 Å². The van der Waals surface area contributed by atoms with Crippen molar-refractivity contribution in [2.45, 2.75) is 33.2 Å². The largest absolute Gasteiger partial charge is 0.409 e. The molecule has 0 aliphatic carbocycles. The SMILES string of the molecule is CCC(CC)(C(=O)NCc1cnn(C)c1)C(N)=NO. The minimum absolute atomic E-state index is 0.0545. The van der Waals surface area contributed by atoms with Gasteiger partial charge in [0.2, 0.25) is 5.91 Å². The van der Waals surface area contributed by atoms with Crippen LogP contribution < -0.4 is 11.1 Å². The zero-order valence-electron chi connectivity index (χ0n) is 11.6. The fourth-order valence-corrected chi connectivity index (χ4v) is 2.06. The van der Waals surface area contributed by atoms with Crippen molar-refractivity contribution >= 4 is 11.7 Å². The highest BCUT2D eigenvalue weighted by Crippen LogP contribution is 2.27. The fraction of sp³-hybridized carbons (Fsp3) is 0.583. The van der Waals surface area contributed by atoms with Crippen molar-refractivity contribution < 1.29 is 10.0 Å². The number of nitrogens with one attached hydrogen (secondary N) is 1. The van der Waals surface area contributed by atoms with Crippen molar-refractivity contribution in [3.8, 4) is 0 Å². The van der Waals surface area contributed by atoms with E-state index in [1.165, 1.54) is 0 Å². The maximum absolute atomic E-state index is 12.3. The molecule has 0 aliphatic rings. The third kappa shape index (κ3) is 3.04. The molecule has 7 nitrogen and oxygen atoms in total. The van der Waals surface area contributed by atoms with Crippen LogP contribution in [0, 0.1) is 5.41 Å². The topological polar surface area (TPSA) is 106 Å². The first-order valence-electron chi connectivity index (χ1n) is 6.24. The number of oxime groups is 1. The molecule has 0 spiro atoms. The van der Waals surface area contributed by atoms with Gasteiger partial charge in [-0.05, 0) is 12.8 Å². The quantitative estimate of drug-likeness (QED) is 0.303. The monoisotopic (exact) mass is 267 g/mol. The van der Waals surface area contributed by atoms with Crippen LogP contribution in [0.15, 0.2) is 17.5 Å². The summed E-state index contributed by atoms with van der Waals surface area (Å²) in [6.45, 7) is 4.05. The lowest BCUT2D eigenvalue weighted by atomic mass is 9.80. The number of aryl methyl sites for hydroxylation is 1. The van der Waals surface area contributed by atoms with Crippen molar-refractivity contribution in [1.29, 1.82) is 0 Å². The first kappa shape index (κ1) is 15.0. The molecule has 0 radical (unpaired) electrons. The van der Waals surface area contributed by atoms with E-state index in [2.05, 4.69) is 15.6 Å². The lowest BCUT2D eigenvalue weighted by Gasteiger charge is -2.28. The van der Waals surface area contributed by atoms with Gasteiger partial charge in [-0.2, -0.15) is 5.10 Å². The highest BCUT2D eigenvalue weighted by Gasteiger charge is 2.39. The van der Waals surface area contributed by atoms with E-state index in [9.17, 15) is 4.79 Å². The molecule has 0 saturated carbocycles. The molecule has 4 N–H and O–H groups in total. The van der Waals surface area contributed by atoms with Gasteiger partial charge in [0.1, 0.15) is 5.41 Å². The molecule has 0 bridgehead atoms. The van der Waals surface area contributed by atoms with Crippen LogP contribution in [-0.2, 0) is 18.4 Å². The van der Waals surface area contributed by atoms with Crippen LogP contribution in [0.2, 0.25) is 0 Å². The van der Waals surface area contributed by atoms with Gasteiger partial charge in [0.05, 0.1) is 6.20 Å². The summed E-state index contributed by atoms with van der Waals surface area (Å²) in [5, 5.41) is 18.7. The molecule has 0 unspecified atom stereocenters. The molecule has 106 valence electrons. The van der Waals surface area contributed by atoms with E-state index >= 15 is 0 Å². The molecule has 1 rings (SSSR count). The predicted octanol–water partition coefficient (Wildman–Crippen LogP) is 0.589. The summed E-state index contributed by atoms with van der Waals surface area (Å²) >= 11 is 0. The smallest absolute Gasteiger partial charge is 0.234 e. The van der Waals surface area contributed by atoms with Gasteiger partial charge in [-0.3, -0.25) is 9.48 Å². The van der Waals surface area contributed by atoms with Crippen LogP contribution in [0.25, 0.3) is 0 Å². The second kappa shape index (κ2) is 6.21. The van der Waals surface area contributed by atoms with Crippen molar-refractivity contribution in [3.63, 3.8) is 0 Å². The van der Waals surface area contributed by atoms with Crippen LogP contribution >= 0.6 is 0 Å². The Balaban J connectivity index is 2.78. The number of hydrogen-bond acceptors (Lipinski definition) is 4. The van der Waals surface area contributed by atoms with Crippen molar-refractivity contribution in [2.24, 2.45) is 23.4 Å². The molecule has 0 aliphatic heterocycles. The average Bonchev–Trinajstić information content (AvgIpc) is 2.83. The van der Waals surface area contributed by atoms with E-state index in [1.807, 2.05) is 27.1 Å². The Kier molecular flexibility index (Phi) is 4.91. The van der Waals surface area contributed by atoms with Crippen LogP contribution in [0.5, 0.6) is 0 Å². The van der Waals surface area contributed by atoms with E-state index in [0.717, 1.165) is 5.56 Å². The molecule has 1 heterocycles. The number of carbonyl (C=O) groups excluding carboxylic acids is 1. The maximum atomic E-state index is 12.3. The number of nitrogens with two attached hydrogens (primary N) is 1. The molecule has 1 aromatic heterocycles. The summed E-state index contributed by atoms with van der Waals surface area (Å²) in [5.41, 5.74) is 5.61. The second-order valence-electron chi connectivity index (χ2n) is 4.48. The van der Waals surface area contributed by atoms with Gasteiger partial charge < -0.3 is 16.3 Å². The van der Waals surface area contributed by atoms with E-state index < -0.39 is 5.41 Å². The summed E-state index contributed by atoms with van der Waals surface area (Å²) in [6, 6.07) is 0. The Morgan fingerprint density at radius 3 is 2.63 bits per heavy atom. The number of aromatic nitrogens is 2. The summed E-state index contributed by atoms with van der Waals surface area (Å²) in [6.07, 6.45) is 4.45. The van der Waals surface area contributed by atoms with E-state index in [1.54, 1.807) is 10.9 Å². The number of rotatable bonds is 6. The van der Waals surface area contributed by atoms with Gasteiger partial charge in [0, 0.05) is 25.4 Å². The highest BCUT2D eigenvalue weighted by molar-refractivity contribution is 6.06. The summed E-state index contributed by atoms with van der Waals surface area (Å²) in [5.74, 6) is -0.294. The minimum Gasteiger partial charge on any atom is -0.409 e. The molecule has 0 fully saturated rings. The van der Waals surface area contributed by atoms with Crippen LogP contribution in [-0.4, -0.2) is 26.7 Å². The molecule has 0 aromatic carbocycles. The Morgan fingerprint density at radius 1 is 1.58 bits per heavy atom. The second-order valence-corrected chi connectivity index (χ2v) is 4.48. The molecular weight excluding hydrogens is 246 g/mol. The molecule has 0 saturated heterocycles. The summed E-state index contributed by atoms with van der Waals surface area (Å²) < 4.78 is 1.66. The van der Waals surface area contributed by atoms with Crippen molar-refractivity contribution in [1.82, 2.24) is 15.1 Å². The van der Waals surface area contributed by atoms with E-state index in [0.29, 0.717) is 19.4 Å². The lowest BCUT2D eigenvalue weighted by Crippen LogP contribution is -2.49. The van der Waals surface area contributed by atoms with Crippen molar-refractivity contribution in [3.05, 3.63) is 18.0 Å². The van der Waals surface area contributed by atoms with Crippen LogP contribution in [0.4, 0.5) is 0 Å². The number of carbonyl (C=O) groups is 1. The average molecular weight is 267 g/mol. The third-order valence-electron chi connectivity index (χ3n) is 3.45. The lowest BCUT2D eigenvalue weighted by molar-refractivity contribution is -0.128. The van der Waals surface area contributed by atoms with Gasteiger partial charge >= 0.3 is 0 Å². The fourth-order valence-electron chi connectivity index (χ4n) is 2.06. The Morgan fingerprint density at radius 2 is 2.21 bits per heavy atom. The van der Waals surface area contributed by atoms with Crippen LogP contribution in [0.1, 0.15) is 32.3 Å². The number of amidine groups is 1. The van der Waals surface area contributed by atoms with Gasteiger partial charge in [-0.25, -0.2) is 0 Å². The molecule has 1 aromatic rings. The Bertz CT molecular complexity index is 462. The molecule has 7 heteroatoms. The standard InChI is InChI=1S/C12H21N5O2/c1-4-12(5-2,10(13)16-19)11(18)14-6-9-7-15-17(3)8-9/h7-8,19H,4-6H2,1-3H3,(H2,13,16)(H,14,18). The summed E-state index contributed by atoms with van der Waals surface area (Å²) in [7, 11) is 1.81. The molecule has 0 atom stereocenters. The minimum atomic E-state index is -0.961. The zero-order chi connectivity index (χ0) is 14.5. The van der Waals surface area contributed by atoms with E-state index in [-0.39, 0.29) is 11.7 Å². The molecular formula is C12H21N5O2. The van der Waals surface area contributed by atoms with E-state index in [4.69, 9.17) is 10.9 Å². The highest BCUT2D eigenvalue weighted by atomic mass is 16.4. The number of amides is 1. The summed E-state index contributed by atoms with van der Waals surface area (Å²) in [4.78, 5) is 12.3. The first-order valence-corrected chi connectivity index (χ1v) is 6.24. The maximum Gasteiger partial charge on any atom is 0.234 e. The van der Waals surface area contributed by atoms with Crippen LogP contribution in [0.3, 0.4) is 0 Å². The third-order valence-corrected chi connectivity index (χ3v) is 3.45. The Labute approximate surface area is 112 Å². The molecule has 1 amide bonds. The normalized spacial score (nSPS) is 12.5. The van der Waals surface area contributed by atoms with Gasteiger partial charge in [-0.15, -0.1) is 0 Å². The number of hydrogen-bond donors (Lipinski definition) is 3. The van der Waals surface area contributed by atoms with Crippen molar-refractivity contribution in [2.75, 3.05) is 0 Å². The zero-order valence-corrected chi connectivity index (χ0v) is 11.6. The van der Waals surface area contributed by atoms with Gasteiger partial charge in [0.15, 0.2) is 5.84 Å². The first-order chi connectivity index (χ1) is 9.00. The molecule has 19 heavy (non-hydrogen) atoms. The number of nitrogens with zero attached hydrogens (tertiary/aromatic N) is 3. The van der Waals surface area contributed by atoms with Gasteiger partial charge in [0.25, 0.3) is 0 Å². The predicted molar refractivity (Wildman–Crippen MR) is 71.5 cm³/mol.